The van der Waals surface area contributed by atoms with Crippen molar-refractivity contribution in [1.82, 2.24) is 0 Å². The van der Waals surface area contributed by atoms with Crippen LogP contribution >= 0.6 is 11.8 Å². The third kappa shape index (κ3) is 2.95. The van der Waals surface area contributed by atoms with Crippen molar-refractivity contribution in [1.29, 1.82) is 0 Å². The Hall–Kier alpha value is -1.41. The molecule has 0 bridgehead atoms. The normalized spacial score (nSPS) is 14.4. The Morgan fingerprint density at radius 2 is 1.84 bits per heavy atom. The molecule has 1 aliphatic rings. The SMILES string of the molecule is CNc1cccc(C2CC2)c1SCc1ccccc1. The highest BCUT2D eigenvalue weighted by atomic mass is 32.2. The largest absolute Gasteiger partial charge is 0.387 e. The van der Waals surface area contributed by atoms with Gasteiger partial charge in [0.15, 0.2) is 0 Å². The van der Waals surface area contributed by atoms with Crippen LogP contribution in [0.3, 0.4) is 0 Å². The molecule has 1 nitrogen and oxygen atoms in total. The standard InChI is InChI=1S/C17H19NS/c1-18-16-9-5-8-15(14-10-11-14)17(16)19-12-13-6-3-2-4-7-13/h2-9,14,18H,10-12H2,1H3. The summed E-state index contributed by atoms with van der Waals surface area (Å²) in [5.41, 5.74) is 4.19. The highest BCUT2D eigenvalue weighted by molar-refractivity contribution is 7.98. The fourth-order valence-electron chi connectivity index (χ4n) is 2.36. The van der Waals surface area contributed by atoms with E-state index in [0.717, 1.165) is 11.7 Å². The highest BCUT2D eigenvalue weighted by Gasteiger charge is 2.27. The summed E-state index contributed by atoms with van der Waals surface area (Å²) in [5.74, 6) is 1.84. The van der Waals surface area contributed by atoms with Gasteiger partial charge in [-0.1, -0.05) is 42.5 Å². The average Bonchev–Trinajstić information content (AvgIpc) is 3.30. The molecule has 0 spiro atoms. The van der Waals surface area contributed by atoms with Crippen LogP contribution in [0.4, 0.5) is 5.69 Å². The van der Waals surface area contributed by atoms with Crippen molar-refractivity contribution in [3.8, 4) is 0 Å². The number of hydrogen-bond donors (Lipinski definition) is 1. The van der Waals surface area contributed by atoms with E-state index in [1.807, 2.05) is 18.8 Å². The second-order valence-corrected chi connectivity index (χ2v) is 6.01. The van der Waals surface area contributed by atoms with Gasteiger partial charge in [0.1, 0.15) is 0 Å². The average molecular weight is 269 g/mol. The molecule has 2 heteroatoms. The molecular formula is C17H19NS. The highest BCUT2D eigenvalue weighted by Crippen LogP contribution is 2.46. The number of hydrogen-bond acceptors (Lipinski definition) is 2. The van der Waals surface area contributed by atoms with E-state index in [1.165, 1.54) is 34.6 Å². The zero-order chi connectivity index (χ0) is 13.1. The summed E-state index contributed by atoms with van der Waals surface area (Å²) in [7, 11) is 2.01. The second-order valence-electron chi connectivity index (χ2n) is 5.02. The molecule has 0 aliphatic heterocycles. The first-order chi connectivity index (χ1) is 9.38. The smallest absolute Gasteiger partial charge is 0.0478 e. The number of rotatable bonds is 5. The van der Waals surface area contributed by atoms with Crippen molar-refractivity contribution in [2.45, 2.75) is 29.4 Å². The molecule has 98 valence electrons. The third-order valence-electron chi connectivity index (χ3n) is 3.56. The first-order valence-corrected chi connectivity index (χ1v) is 7.84. The fourth-order valence-corrected chi connectivity index (χ4v) is 3.59. The summed E-state index contributed by atoms with van der Waals surface area (Å²) in [5, 5.41) is 3.33. The van der Waals surface area contributed by atoms with Crippen molar-refractivity contribution in [2.24, 2.45) is 0 Å². The third-order valence-corrected chi connectivity index (χ3v) is 4.78. The summed E-state index contributed by atoms with van der Waals surface area (Å²) in [4.78, 5) is 1.44. The monoisotopic (exact) mass is 269 g/mol. The maximum atomic E-state index is 3.33. The van der Waals surface area contributed by atoms with E-state index in [0.29, 0.717) is 0 Å². The van der Waals surface area contributed by atoms with E-state index >= 15 is 0 Å². The van der Waals surface area contributed by atoms with Gasteiger partial charge >= 0.3 is 0 Å². The van der Waals surface area contributed by atoms with Gasteiger partial charge in [0, 0.05) is 23.4 Å². The Bertz CT molecular complexity index is 546. The molecule has 1 aliphatic carbocycles. The van der Waals surface area contributed by atoms with E-state index < -0.39 is 0 Å². The first-order valence-electron chi connectivity index (χ1n) is 6.86. The van der Waals surface area contributed by atoms with Crippen LogP contribution in [-0.2, 0) is 5.75 Å². The van der Waals surface area contributed by atoms with Gasteiger partial charge in [0.2, 0.25) is 0 Å². The summed E-state index contributed by atoms with van der Waals surface area (Å²) < 4.78 is 0. The molecule has 3 rings (SSSR count). The number of nitrogens with one attached hydrogen (secondary N) is 1. The van der Waals surface area contributed by atoms with E-state index in [1.54, 1.807) is 0 Å². The van der Waals surface area contributed by atoms with E-state index in [-0.39, 0.29) is 0 Å². The zero-order valence-electron chi connectivity index (χ0n) is 11.2. The molecule has 0 saturated heterocycles. The van der Waals surface area contributed by atoms with Crippen LogP contribution in [0, 0.1) is 0 Å². The summed E-state index contributed by atoms with van der Waals surface area (Å²) in [6, 6.07) is 17.4. The van der Waals surface area contributed by atoms with Gasteiger partial charge in [-0.3, -0.25) is 0 Å². The quantitative estimate of drug-likeness (QED) is 0.775. The minimum atomic E-state index is 0.798. The summed E-state index contributed by atoms with van der Waals surface area (Å²) >= 11 is 1.96. The summed E-state index contributed by atoms with van der Waals surface area (Å²) in [6.45, 7) is 0. The second kappa shape index (κ2) is 5.70. The first kappa shape index (κ1) is 12.6. The molecule has 1 fully saturated rings. The lowest BCUT2D eigenvalue weighted by atomic mass is 10.1. The van der Waals surface area contributed by atoms with Crippen LogP contribution in [0.5, 0.6) is 0 Å². The van der Waals surface area contributed by atoms with Gasteiger partial charge in [-0.15, -0.1) is 11.8 Å². The Labute approximate surface area is 119 Å². The molecule has 0 amide bonds. The van der Waals surface area contributed by atoms with Crippen LogP contribution in [0.1, 0.15) is 29.9 Å². The van der Waals surface area contributed by atoms with Crippen LogP contribution in [-0.4, -0.2) is 7.05 Å². The topological polar surface area (TPSA) is 12.0 Å². The predicted octanol–water partition coefficient (Wildman–Crippen LogP) is 4.90. The van der Waals surface area contributed by atoms with Gasteiger partial charge in [-0.05, 0) is 36.0 Å². The lowest BCUT2D eigenvalue weighted by molar-refractivity contribution is 1.07. The van der Waals surface area contributed by atoms with Crippen molar-refractivity contribution < 1.29 is 0 Å². The minimum Gasteiger partial charge on any atom is -0.387 e. The fraction of sp³-hybridized carbons (Fsp3) is 0.294. The van der Waals surface area contributed by atoms with Gasteiger partial charge < -0.3 is 5.32 Å². The van der Waals surface area contributed by atoms with E-state index in [2.05, 4.69) is 53.8 Å². The molecule has 0 aromatic heterocycles. The molecule has 0 unspecified atom stereocenters. The minimum absolute atomic E-state index is 0.798. The van der Waals surface area contributed by atoms with E-state index in [9.17, 15) is 0 Å². The van der Waals surface area contributed by atoms with Crippen LogP contribution in [0.25, 0.3) is 0 Å². The molecule has 1 N–H and O–H groups in total. The van der Waals surface area contributed by atoms with Crippen molar-refractivity contribution in [3.05, 3.63) is 59.7 Å². The van der Waals surface area contributed by atoms with Gasteiger partial charge in [-0.25, -0.2) is 0 Å². The lowest BCUT2D eigenvalue weighted by Gasteiger charge is -2.14. The van der Waals surface area contributed by atoms with Crippen molar-refractivity contribution in [2.75, 3.05) is 12.4 Å². The lowest BCUT2D eigenvalue weighted by Crippen LogP contribution is -1.95. The van der Waals surface area contributed by atoms with Gasteiger partial charge in [0.25, 0.3) is 0 Å². The molecular weight excluding hydrogens is 250 g/mol. The van der Waals surface area contributed by atoms with Gasteiger partial charge in [0.05, 0.1) is 0 Å². The maximum Gasteiger partial charge on any atom is 0.0478 e. The van der Waals surface area contributed by atoms with Crippen LogP contribution in [0.15, 0.2) is 53.4 Å². The molecule has 2 aromatic carbocycles. The Morgan fingerprint density at radius 3 is 2.53 bits per heavy atom. The molecule has 0 heterocycles. The number of anilines is 1. The zero-order valence-corrected chi connectivity index (χ0v) is 12.0. The molecule has 2 aromatic rings. The van der Waals surface area contributed by atoms with Crippen LogP contribution < -0.4 is 5.32 Å². The van der Waals surface area contributed by atoms with Crippen molar-refractivity contribution in [3.63, 3.8) is 0 Å². The molecule has 0 radical (unpaired) electrons. The number of benzene rings is 2. The molecule has 0 atom stereocenters. The van der Waals surface area contributed by atoms with Gasteiger partial charge in [-0.2, -0.15) is 0 Å². The maximum absolute atomic E-state index is 3.33. The van der Waals surface area contributed by atoms with E-state index in [4.69, 9.17) is 0 Å². The molecule has 1 saturated carbocycles. The summed E-state index contributed by atoms with van der Waals surface area (Å²) in [6.07, 6.45) is 2.71. The molecule has 19 heavy (non-hydrogen) atoms. The Morgan fingerprint density at radius 1 is 1.05 bits per heavy atom. The Kier molecular flexibility index (Phi) is 3.79. The Balaban J connectivity index is 1.82. The van der Waals surface area contributed by atoms with Crippen LogP contribution in [0.2, 0.25) is 0 Å². The van der Waals surface area contributed by atoms with Crippen molar-refractivity contribution >= 4 is 17.4 Å². The number of thioether (sulfide) groups is 1. The predicted molar refractivity (Wildman–Crippen MR) is 84.0 cm³/mol.